The number of rotatable bonds is 6. The van der Waals surface area contributed by atoms with E-state index in [1.807, 2.05) is 35.1 Å². The van der Waals surface area contributed by atoms with Crippen molar-refractivity contribution in [1.29, 1.82) is 0 Å². The van der Waals surface area contributed by atoms with E-state index in [1.165, 1.54) is 95.3 Å². The molecule has 0 saturated heterocycles. The molecule has 0 N–H and O–H groups in total. The Kier molecular flexibility index (Phi) is 10.8. The average molecular weight is 996 g/mol. The normalized spacial score (nSPS) is 11.3. The SMILES string of the molecule is [Pt+2].[c-]1c(Cc2ncc(-c3cccc4ccccc34)c3ccccc23)sc2ccccc12.[c-]1c(Cc2ncc(-c3cccc4ccccc34)c3ccccc23)sc2ccccc12. The summed E-state index contributed by atoms with van der Waals surface area (Å²) in [5.41, 5.74) is 7.06. The molecule has 0 fully saturated rings. The van der Waals surface area contributed by atoms with Gasteiger partial charge in [0.1, 0.15) is 0 Å². The molecule has 0 amide bonds. The van der Waals surface area contributed by atoms with Gasteiger partial charge in [-0.05, 0) is 43.4 Å². The molecule has 2 nitrogen and oxygen atoms in total. The Bertz CT molecular complexity index is 3220. The van der Waals surface area contributed by atoms with Gasteiger partial charge in [-0.15, -0.1) is 24.3 Å². The van der Waals surface area contributed by atoms with Crippen molar-refractivity contribution in [2.75, 3.05) is 0 Å². The molecule has 61 heavy (non-hydrogen) atoms. The average Bonchev–Trinajstić information content (AvgIpc) is 3.92. The van der Waals surface area contributed by atoms with Crippen molar-refractivity contribution in [3.05, 3.63) is 228 Å². The maximum Gasteiger partial charge on any atom is 2.00 e. The van der Waals surface area contributed by atoms with Crippen molar-refractivity contribution in [2.45, 2.75) is 12.8 Å². The number of pyridine rings is 2. The largest absolute Gasteiger partial charge is 2.00 e. The quantitative estimate of drug-likeness (QED) is 0.155. The molecule has 12 aromatic rings. The van der Waals surface area contributed by atoms with Crippen LogP contribution in [0.3, 0.4) is 0 Å². The van der Waals surface area contributed by atoms with Crippen LogP contribution in [0.25, 0.3) is 85.5 Å². The molecule has 0 atom stereocenters. The topological polar surface area (TPSA) is 25.8 Å². The van der Waals surface area contributed by atoms with E-state index in [9.17, 15) is 0 Å². The van der Waals surface area contributed by atoms with E-state index in [2.05, 4.69) is 194 Å². The summed E-state index contributed by atoms with van der Waals surface area (Å²) in [6.45, 7) is 0. The molecule has 0 unspecified atom stereocenters. The van der Waals surface area contributed by atoms with Crippen molar-refractivity contribution in [1.82, 2.24) is 9.97 Å². The summed E-state index contributed by atoms with van der Waals surface area (Å²) in [4.78, 5) is 12.3. The van der Waals surface area contributed by atoms with Gasteiger partial charge < -0.3 is 0 Å². The Morgan fingerprint density at radius 3 is 1.15 bits per heavy atom. The first-order chi connectivity index (χ1) is 29.7. The van der Waals surface area contributed by atoms with Crippen molar-refractivity contribution >= 4 is 85.9 Å². The van der Waals surface area contributed by atoms with Gasteiger partial charge in [0.05, 0.1) is 11.4 Å². The molecular weight excluding hydrogens is 960 g/mol. The maximum atomic E-state index is 4.94. The number of aromatic nitrogens is 2. The van der Waals surface area contributed by atoms with E-state index in [1.54, 1.807) is 0 Å². The molecule has 8 aromatic carbocycles. The first-order valence-electron chi connectivity index (χ1n) is 20.2. The first kappa shape index (κ1) is 38.9. The zero-order valence-corrected chi connectivity index (χ0v) is 36.8. The van der Waals surface area contributed by atoms with Gasteiger partial charge >= 0.3 is 21.1 Å². The molecule has 0 aliphatic heterocycles. The van der Waals surface area contributed by atoms with Crippen LogP contribution in [0, 0.1) is 12.1 Å². The number of thiophene rings is 2. The van der Waals surface area contributed by atoms with Gasteiger partial charge in [0.25, 0.3) is 0 Å². The summed E-state index contributed by atoms with van der Waals surface area (Å²) in [7, 11) is 0. The third-order valence-electron chi connectivity index (χ3n) is 11.4. The molecule has 0 spiro atoms. The van der Waals surface area contributed by atoms with Crippen LogP contribution in [0.4, 0.5) is 0 Å². The molecular formula is C56H36N2PtS2. The number of hydrogen-bond donors (Lipinski definition) is 0. The maximum absolute atomic E-state index is 4.94. The summed E-state index contributed by atoms with van der Waals surface area (Å²) in [5.74, 6) is 0. The van der Waals surface area contributed by atoms with E-state index < -0.39 is 0 Å². The van der Waals surface area contributed by atoms with Gasteiger partial charge in [0, 0.05) is 47.1 Å². The van der Waals surface area contributed by atoms with Gasteiger partial charge in [-0.1, -0.05) is 165 Å². The van der Waals surface area contributed by atoms with Gasteiger partial charge in [-0.2, -0.15) is 35.0 Å². The van der Waals surface area contributed by atoms with Crippen molar-refractivity contribution < 1.29 is 21.1 Å². The standard InChI is InChI=1S/2C28H18NS.Pt/c2*1-3-11-22-19(8-1)10-7-14-23(22)26-18-29-27(25-13-5-4-12-24(25)26)17-21-16-20-9-2-6-15-28(20)30-21;/h2*1-15,18H,17H2;/q2*-1;+2. The Hall–Kier alpha value is -6.29. The third-order valence-corrected chi connectivity index (χ3v) is 13.5. The summed E-state index contributed by atoms with van der Waals surface area (Å²) in [6, 6.07) is 71.4. The minimum Gasteiger partial charge on any atom is -0.260 e. The fraction of sp³-hybridized carbons (Fsp3) is 0.0357. The molecule has 0 aliphatic carbocycles. The van der Waals surface area contributed by atoms with E-state index >= 15 is 0 Å². The van der Waals surface area contributed by atoms with Crippen LogP contribution in [0.2, 0.25) is 0 Å². The smallest absolute Gasteiger partial charge is 0.260 e. The summed E-state index contributed by atoms with van der Waals surface area (Å²) < 4.78 is 2.56. The first-order valence-corrected chi connectivity index (χ1v) is 21.9. The molecule has 4 aromatic heterocycles. The van der Waals surface area contributed by atoms with Crippen LogP contribution >= 0.6 is 22.7 Å². The Balaban J connectivity index is 0.000000144. The van der Waals surface area contributed by atoms with Crippen molar-refractivity contribution in [2.24, 2.45) is 0 Å². The molecule has 0 aliphatic rings. The number of benzene rings is 8. The van der Waals surface area contributed by atoms with Crippen LogP contribution < -0.4 is 0 Å². The molecule has 0 radical (unpaired) electrons. The third kappa shape index (κ3) is 7.57. The van der Waals surface area contributed by atoms with Crippen LogP contribution in [0.1, 0.15) is 21.1 Å². The zero-order chi connectivity index (χ0) is 39.8. The van der Waals surface area contributed by atoms with Gasteiger partial charge in [0.2, 0.25) is 0 Å². The monoisotopic (exact) mass is 995 g/mol. The molecule has 5 heteroatoms. The van der Waals surface area contributed by atoms with Crippen molar-refractivity contribution in [3.63, 3.8) is 0 Å². The van der Waals surface area contributed by atoms with Crippen LogP contribution in [0.15, 0.2) is 194 Å². The fourth-order valence-corrected chi connectivity index (χ4v) is 10.6. The van der Waals surface area contributed by atoms with Crippen LogP contribution in [-0.4, -0.2) is 9.97 Å². The molecule has 0 saturated carbocycles. The number of fused-ring (bicyclic) bond motifs is 6. The Morgan fingerprint density at radius 1 is 0.344 bits per heavy atom. The van der Waals surface area contributed by atoms with E-state index in [0.29, 0.717) is 0 Å². The fourth-order valence-electron chi connectivity index (χ4n) is 8.53. The molecule has 4 heterocycles. The van der Waals surface area contributed by atoms with Gasteiger partial charge in [-0.25, -0.2) is 22.7 Å². The van der Waals surface area contributed by atoms with E-state index in [0.717, 1.165) is 24.2 Å². The van der Waals surface area contributed by atoms with Crippen LogP contribution in [-0.2, 0) is 33.9 Å². The van der Waals surface area contributed by atoms with E-state index in [-0.39, 0.29) is 21.1 Å². The second-order valence-corrected chi connectivity index (χ2v) is 17.3. The molecule has 292 valence electrons. The number of nitrogens with zero attached hydrogens (tertiary/aromatic N) is 2. The second-order valence-electron chi connectivity index (χ2n) is 15.0. The Morgan fingerprint density at radius 2 is 0.705 bits per heavy atom. The zero-order valence-electron chi connectivity index (χ0n) is 32.9. The minimum absolute atomic E-state index is 0. The summed E-state index contributed by atoms with van der Waals surface area (Å²) in [6.07, 6.45) is 5.70. The summed E-state index contributed by atoms with van der Waals surface area (Å²) >= 11 is 3.62. The predicted molar refractivity (Wildman–Crippen MR) is 256 cm³/mol. The van der Waals surface area contributed by atoms with Crippen LogP contribution in [0.5, 0.6) is 0 Å². The predicted octanol–water partition coefficient (Wildman–Crippen LogP) is 15.3. The molecule has 12 rings (SSSR count). The second kappa shape index (κ2) is 17.0. The summed E-state index contributed by atoms with van der Waals surface area (Å²) in [5, 5.41) is 12.3. The van der Waals surface area contributed by atoms with Gasteiger partial charge in [0.15, 0.2) is 0 Å². The van der Waals surface area contributed by atoms with E-state index in [4.69, 9.17) is 9.97 Å². The van der Waals surface area contributed by atoms with Gasteiger partial charge in [-0.3, -0.25) is 9.97 Å². The molecule has 0 bridgehead atoms. The minimum atomic E-state index is 0. The number of hydrogen-bond acceptors (Lipinski definition) is 4. The Labute approximate surface area is 377 Å². The van der Waals surface area contributed by atoms with Crippen molar-refractivity contribution in [3.8, 4) is 22.3 Å².